The summed E-state index contributed by atoms with van der Waals surface area (Å²) in [6.07, 6.45) is 0. The Hall–Kier alpha value is -2.58. The van der Waals surface area contributed by atoms with Crippen LogP contribution in [0.2, 0.25) is 0 Å². The Morgan fingerprint density at radius 1 is 0.731 bits per heavy atom. The van der Waals surface area contributed by atoms with Gasteiger partial charge < -0.3 is 10.1 Å². The van der Waals surface area contributed by atoms with Crippen LogP contribution >= 0.6 is 0 Å². The molecule has 2 nitrogen and oxygen atoms in total. The van der Waals surface area contributed by atoms with Crippen molar-refractivity contribution < 1.29 is 4.74 Å². The second-order valence-corrected chi connectivity index (χ2v) is 7.03. The normalized spacial score (nSPS) is 11.3. The van der Waals surface area contributed by atoms with Crippen LogP contribution in [0.4, 0.5) is 0 Å². The molecule has 0 aliphatic rings. The molecule has 0 atom stereocenters. The average Bonchev–Trinajstić information content (AvgIpc) is 2.69. The summed E-state index contributed by atoms with van der Waals surface area (Å²) >= 11 is 0. The van der Waals surface area contributed by atoms with Crippen molar-refractivity contribution in [3.8, 4) is 5.75 Å². The van der Waals surface area contributed by atoms with Gasteiger partial charge in [0.2, 0.25) is 0 Å². The van der Waals surface area contributed by atoms with Crippen LogP contribution < -0.4 is 10.1 Å². The van der Waals surface area contributed by atoms with Crippen LogP contribution in [0.5, 0.6) is 5.75 Å². The van der Waals surface area contributed by atoms with Crippen LogP contribution in [0.3, 0.4) is 0 Å². The molecule has 0 amide bonds. The highest BCUT2D eigenvalue weighted by Gasteiger charge is 2.22. The predicted octanol–water partition coefficient (Wildman–Crippen LogP) is 5.18. The Kier molecular flexibility index (Phi) is 6.08. The number of nitrogens with one attached hydrogen (secondary N) is 1. The lowest BCUT2D eigenvalue weighted by Gasteiger charge is -2.26. The summed E-state index contributed by atoms with van der Waals surface area (Å²) in [6.45, 7) is 6.87. The molecule has 0 heterocycles. The Morgan fingerprint density at radius 2 is 1.31 bits per heavy atom. The van der Waals surface area contributed by atoms with E-state index in [-0.39, 0.29) is 5.41 Å². The van der Waals surface area contributed by atoms with Gasteiger partial charge in [-0.05, 0) is 28.8 Å². The molecule has 0 aliphatic heterocycles. The summed E-state index contributed by atoms with van der Waals surface area (Å²) in [5.74, 6) is 0.916. The fourth-order valence-electron chi connectivity index (χ4n) is 3.06. The van der Waals surface area contributed by atoms with Gasteiger partial charge in [-0.15, -0.1) is 0 Å². The fraction of sp³-hybridized carbons (Fsp3) is 0.250. The van der Waals surface area contributed by atoms with Gasteiger partial charge in [-0.2, -0.15) is 0 Å². The molecule has 0 bridgehead atoms. The van der Waals surface area contributed by atoms with E-state index in [2.05, 4.69) is 98.0 Å². The third-order valence-corrected chi connectivity index (χ3v) is 4.79. The van der Waals surface area contributed by atoms with Crippen LogP contribution in [0.1, 0.15) is 30.5 Å². The lowest BCUT2D eigenvalue weighted by Crippen LogP contribution is -2.21. The molecule has 0 saturated heterocycles. The fourth-order valence-corrected chi connectivity index (χ4v) is 3.06. The number of hydrogen-bond donors (Lipinski definition) is 1. The van der Waals surface area contributed by atoms with E-state index in [1.807, 2.05) is 6.07 Å². The Bertz CT molecular complexity index is 779. The summed E-state index contributed by atoms with van der Waals surface area (Å²) in [6, 6.07) is 29.5. The largest absolute Gasteiger partial charge is 0.492 e. The van der Waals surface area contributed by atoms with Crippen molar-refractivity contribution in [2.24, 2.45) is 0 Å². The summed E-state index contributed by atoms with van der Waals surface area (Å²) < 4.78 is 5.85. The first-order valence-corrected chi connectivity index (χ1v) is 9.20. The third kappa shape index (κ3) is 4.74. The Balaban J connectivity index is 1.49. The molecule has 0 aliphatic carbocycles. The molecule has 134 valence electrons. The zero-order valence-electron chi connectivity index (χ0n) is 15.6. The van der Waals surface area contributed by atoms with E-state index >= 15 is 0 Å². The Labute approximate surface area is 156 Å². The lowest BCUT2D eigenvalue weighted by molar-refractivity contribution is 0.313. The van der Waals surface area contributed by atoms with E-state index in [9.17, 15) is 0 Å². The average molecular weight is 345 g/mol. The van der Waals surface area contributed by atoms with E-state index in [0.717, 1.165) is 18.8 Å². The van der Waals surface area contributed by atoms with Crippen molar-refractivity contribution in [3.63, 3.8) is 0 Å². The molecule has 0 radical (unpaired) electrons. The number of rotatable bonds is 8. The SMILES string of the molecule is CC(C)(c1ccccc1)c1ccc(OCCNCc2ccccc2)cc1. The molecular formula is C24H27NO. The van der Waals surface area contributed by atoms with E-state index < -0.39 is 0 Å². The maximum absolute atomic E-state index is 5.85. The van der Waals surface area contributed by atoms with Gasteiger partial charge in [-0.1, -0.05) is 86.6 Å². The zero-order valence-corrected chi connectivity index (χ0v) is 15.6. The monoisotopic (exact) mass is 345 g/mol. The first kappa shape index (κ1) is 18.2. The molecule has 26 heavy (non-hydrogen) atoms. The van der Waals surface area contributed by atoms with Gasteiger partial charge in [0, 0.05) is 18.5 Å². The van der Waals surface area contributed by atoms with Crippen molar-refractivity contribution >= 4 is 0 Å². The molecule has 1 N–H and O–H groups in total. The van der Waals surface area contributed by atoms with Crippen LogP contribution in [0.15, 0.2) is 84.9 Å². The maximum atomic E-state index is 5.85. The number of hydrogen-bond acceptors (Lipinski definition) is 2. The molecule has 0 unspecified atom stereocenters. The van der Waals surface area contributed by atoms with Crippen molar-refractivity contribution in [1.82, 2.24) is 5.32 Å². The van der Waals surface area contributed by atoms with Gasteiger partial charge in [0.25, 0.3) is 0 Å². The Morgan fingerprint density at radius 3 is 1.96 bits per heavy atom. The van der Waals surface area contributed by atoms with Crippen molar-refractivity contribution in [1.29, 1.82) is 0 Å². The molecule has 3 aromatic rings. The molecule has 3 aromatic carbocycles. The second kappa shape index (κ2) is 8.68. The smallest absolute Gasteiger partial charge is 0.119 e. The molecular weight excluding hydrogens is 318 g/mol. The highest BCUT2D eigenvalue weighted by molar-refractivity contribution is 5.39. The second-order valence-electron chi connectivity index (χ2n) is 7.03. The highest BCUT2D eigenvalue weighted by atomic mass is 16.5. The van der Waals surface area contributed by atoms with E-state index in [1.54, 1.807) is 0 Å². The first-order chi connectivity index (χ1) is 12.7. The molecule has 0 spiro atoms. The summed E-state index contributed by atoms with van der Waals surface area (Å²) in [7, 11) is 0. The quantitative estimate of drug-likeness (QED) is 0.568. The van der Waals surface area contributed by atoms with Gasteiger partial charge in [-0.3, -0.25) is 0 Å². The van der Waals surface area contributed by atoms with E-state index in [0.29, 0.717) is 6.61 Å². The standard InChI is InChI=1S/C24H27NO/c1-24(2,21-11-7-4-8-12-21)22-13-15-23(16-14-22)26-18-17-25-19-20-9-5-3-6-10-20/h3-16,25H,17-19H2,1-2H3. The molecule has 3 rings (SSSR count). The summed E-state index contributed by atoms with van der Waals surface area (Å²) in [4.78, 5) is 0. The minimum absolute atomic E-state index is 0.0168. The molecule has 0 saturated carbocycles. The van der Waals surface area contributed by atoms with Gasteiger partial charge >= 0.3 is 0 Å². The van der Waals surface area contributed by atoms with Crippen molar-refractivity contribution in [2.75, 3.05) is 13.2 Å². The van der Waals surface area contributed by atoms with Crippen LogP contribution in [0.25, 0.3) is 0 Å². The predicted molar refractivity (Wildman–Crippen MR) is 109 cm³/mol. The highest BCUT2D eigenvalue weighted by Crippen LogP contribution is 2.32. The number of benzene rings is 3. The summed E-state index contributed by atoms with van der Waals surface area (Å²) in [5, 5.41) is 3.40. The third-order valence-electron chi connectivity index (χ3n) is 4.79. The van der Waals surface area contributed by atoms with Gasteiger partial charge in [0.05, 0.1) is 0 Å². The van der Waals surface area contributed by atoms with Crippen molar-refractivity contribution in [2.45, 2.75) is 25.8 Å². The zero-order chi connectivity index (χ0) is 18.2. The summed E-state index contributed by atoms with van der Waals surface area (Å²) in [5.41, 5.74) is 3.88. The van der Waals surface area contributed by atoms with E-state index in [1.165, 1.54) is 16.7 Å². The van der Waals surface area contributed by atoms with Gasteiger partial charge in [-0.25, -0.2) is 0 Å². The van der Waals surface area contributed by atoms with Crippen LogP contribution in [-0.2, 0) is 12.0 Å². The molecule has 0 aromatic heterocycles. The molecule has 0 fully saturated rings. The minimum atomic E-state index is -0.0168. The maximum Gasteiger partial charge on any atom is 0.119 e. The van der Waals surface area contributed by atoms with Gasteiger partial charge in [0.1, 0.15) is 12.4 Å². The minimum Gasteiger partial charge on any atom is -0.492 e. The van der Waals surface area contributed by atoms with Crippen molar-refractivity contribution in [3.05, 3.63) is 102 Å². The van der Waals surface area contributed by atoms with Crippen LogP contribution in [0, 0.1) is 0 Å². The van der Waals surface area contributed by atoms with E-state index in [4.69, 9.17) is 4.74 Å². The molecule has 2 heteroatoms. The van der Waals surface area contributed by atoms with Gasteiger partial charge in [0.15, 0.2) is 0 Å². The topological polar surface area (TPSA) is 21.3 Å². The number of ether oxygens (including phenoxy) is 1. The lowest BCUT2D eigenvalue weighted by atomic mass is 9.78. The first-order valence-electron chi connectivity index (χ1n) is 9.20. The van der Waals surface area contributed by atoms with Crippen LogP contribution in [-0.4, -0.2) is 13.2 Å².